The van der Waals surface area contributed by atoms with Crippen LogP contribution >= 0.6 is 0 Å². The lowest BCUT2D eigenvalue weighted by Gasteiger charge is -2.24. The number of anilines is 1. The maximum absolute atomic E-state index is 13.2. The van der Waals surface area contributed by atoms with Crippen LogP contribution in [0, 0.1) is 5.82 Å². The molecule has 0 bridgehead atoms. The molecule has 1 heterocycles. The molecule has 5 nitrogen and oxygen atoms in total. The van der Waals surface area contributed by atoms with E-state index in [2.05, 4.69) is 27.6 Å². The van der Waals surface area contributed by atoms with Crippen molar-refractivity contribution in [2.45, 2.75) is 31.7 Å². The molecule has 0 spiro atoms. The van der Waals surface area contributed by atoms with Crippen LogP contribution in [0.15, 0.2) is 12.3 Å². The van der Waals surface area contributed by atoms with Gasteiger partial charge in [-0.1, -0.05) is 12.8 Å². The normalized spacial score (nSPS) is 15.4. The zero-order valence-electron chi connectivity index (χ0n) is 12.7. The van der Waals surface area contributed by atoms with Crippen molar-refractivity contribution in [3.63, 3.8) is 0 Å². The SMILES string of the molecule is CNc1ncc(F)cc1C(=O)NCCN(C)C1CCCC1. The Hall–Kier alpha value is -1.69. The fourth-order valence-electron chi connectivity index (χ4n) is 2.78. The highest BCUT2D eigenvalue weighted by Crippen LogP contribution is 2.21. The van der Waals surface area contributed by atoms with Crippen molar-refractivity contribution >= 4 is 11.7 Å². The summed E-state index contributed by atoms with van der Waals surface area (Å²) in [6.45, 7) is 1.35. The molecule has 1 aromatic rings. The maximum Gasteiger partial charge on any atom is 0.255 e. The fourth-order valence-corrected chi connectivity index (χ4v) is 2.78. The molecule has 0 atom stereocenters. The standard InChI is InChI=1S/C15H23FN4O/c1-17-14-13(9-11(16)10-19-14)15(21)18-7-8-20(2)12-5-3-4-6-12/h9-10,12H,3-8H2,1-2H3,(H,17,19)(H,18,21). The van der Waals surface area contributed by atoms with Gasteiger partial charge >= 0.3 is 0 Å². The molecule has 2 rings (SSSR count). The summed E-state index contributed by atoms with van der Waals surface area (Å²) in [4.78, 5) is 18.3. The van der Waals surface area contributed by atoms with Crippen molar-refractivity contribution < 1.29 is 9.18 Å². The number of pyridine rings is 1. The van der Waals surface area contributed by atoms with E-state index in [1.165, 1.54) is 31.7 Å². The molecule has 1 aliphatic rings. The minimum absolute atomic E-state index is 0.237. The predicted molar refractivity (Wildman–Crippen MR) is 81.0 cm³/mol. The van der Waals surface area contributed by atoms with Gasteiger partial charge < -0.3 is 15.5 Å². The van der Waals surface area contributed by atoms with Gasteiger partial charge in [-0.05, 0) is 26.0 Å². The summed E-state index contributed by atoms with van der Waals surface area (Å²) in [6, 6.07) is 1.83. The van der Waals surface area contributed by atoms with Crippen LogP contribution in [0.2, 0.25) is 0 Å². The van der Waals surface area contributed by atoms with Crippen molar-refractivity contribution in [1.29, 1.82) is 0 Å². The van der Waals surface area contributed by atoms with Crippen molar-refractivity contribution in [1.82, 2.24) is 15.2 Å². The summed E-state index contributed by atoms with van der Waals surface area (Å²) in [7, 11) is 3.75. The van der Waals surface area contributed by atoms with E-state index in [0.717, 1.165) is 12.7 Å². The van der Waals surface area contributed by atoms with Gasteiger partial charge in [-0.25, -0.2) is 9.37 Å². The first kappa shape index (κ1) is 15.7. The lowest BCUT2D eigenvalue weighted by molar-refractivity contribution is 0.0947. The monoisotopic (exact) mass is 294 g/mol. The first-order valence-electron chi connectivity index (χ1n) is 7.43. The number of hydrogen-bond donors (Lipinski definition) is 2. The second-order valence-corrected chi connectivity index (χ2v) is 5.47. The van der Waals surface area contributed by atoms with E-state index in [1.807, 2.05) is 0 Å². The second-order valence-electron chi connectivity index (χ2n) is 5.47. The number of amides is 1. The summed E-state index contributed by atoms with van der Waals surface area (Å²) >= 11 is 0. The zero-order chi connectivity index (χ0) is 15.2. The Morgan fingerprint density at radius 2 is 2.19 bits per heavy atom. The quantitative estimate of drug-likeness (QED) is 0.841. The topological polar surface area (TPSA) is 57.3 Å². The van der Waals surface area contributed by atoms with Crippen LogP contribution in [0.25, 0.3) is 0 Å². The lowest BCUT2D eigenvalue weighted by Crippen LogP contribution is -2.37. The van der Waals surface area contributed by atoms with Gasteiger partial charge in [-0.15, -0.1) is 0 Å². The molecule has 0 radical (unpaired) electrons. The van der Waals surface area contributed by atoms with Crippen LogP contribution in [0.3, 0.4) is 0 Å². The smallest absolute Gasteiger partial charge is 0.255 e. The number of nitrogens with zero attached hydrogens (tertiary/aromatic N) is 2. The van der Waals surface area contributed by atoms with Crippen molar-refractivity contribution in [2.24, 2.45) is 0 Å². The number of aromatic nitrogens is 1. The van der Waals surface area contributed by atoms with Gasteiger partial charge in [0.2, 0.25) is 0 Å². The number of rotatable bonds is 6. The molecule has 1 fully saturated rings. The Morgan fingerprint density at radius 3 is 2.86 bits per heavy atom. The molecule has 1 aliphatic carbocycles. The third-order valence-corrected chi connectivity index (χ3v) is 4.03. The number of nitrogens with one attached hydrogen (secondary N) is 2. The van der Waals surface area contributed by atoms with Crippen LogP contribution < -0.4 is 10.6 Å². The summed E-state index contributed by atoms with van der Waals surface area (Å²) in [5, 5.41) is 5.63. The molecule has 2 N–H and O–H groups in total. The van der Waals surface area contributed by atoms with Gasteiger partial charge in [0.25, 0.3) is 5.91 Å². The number of carbonyl (C=O) groups excluding carboxylic acids is 1. The van der Waals surface area contributed by atoms with Gasteiger partial charge in [-0.3, -0.25) is 4.79 Å². The van der Waals surface area contributed by atoms with Gasteiger partial charge in [0.05, 0.1) is 11.8 Å². The largest absolute Gasteiger partial charge is 0.372 e. The Labute approximate surface area is 124 Å². The van der Waals surface area contributed by atoms with E-state index in [4.69, 9.17) is 0 Å². The Kier molecular flexibility index (Phi) is 5.50. The van der Waals surface area contributed by atoms with Gasteiger partial charge in [-0.2, -0.15) is 0 Å². The highest BCUT2D eigenvalue weighted by molar-refractivity contribution is 5.98. The third kappa shape index (κ3) is 4.14. The number of carbonyl (C=O) groups is 1. The van der Waals surface area contributed by atoms with Crippen molar-refractivity contribution in [3.05, 3.63) is 23.6 Å². The first-order chi connectivity index (χ1) is 10.1. The molecule has 0 aromatic carbocycles. The minimum Gasteiger partial charge on any atom is -0.372 e. The average Bonchev–Trinajstić information content (AvgIpc) is 3.01. The number of halogens is 1. The van der Waals surface area contributed by atoms with Crippen LogP contribution in [0.5, 0.6) is 0 Å². The molecule has 0 aliphatic heterocycles. The highest BCUT2D eigenvalue weighted by atomic mass is 19.1. The van der Waals surface area contributed by atoms with E-state index in [9.17, 15) is 9.18 Å². The van der Waals surface area contributed by atoms with Crippen LogP contribution in [0.4, 0.5) is 10.2 Å². The molecular formula is C15H23FN4O. The number of likely N-dealkylation sites (N-methyl/N-ethyl adjacent to an activating group) is 1. The molecule has 6 heteroatoms. The molecule has 116 valence electrons. The fraction of sp³-hybridized carbons (Fsp3) is 0.600. The average molecular weight is 294 g/mol. The number of hydrogen-bond acceptors (Lipinski definition) is 4. The van der Waals surface area contributed by atoms with E-state index in [1.54, 1.807) is 7.05 Å². The molecule has 1 saturated carbocycles. The van der Waals surface area contributed by atoms with E-state index < -0.39 is 5.82 Å². The Morgan fingerprint density at radius 1 is 1.48 bits per heavy atom. The summed E-state index contributed by atoms with van der Waals surface area (Å²) in [5.74, 6) is -0.425. The van der Waals surface area contributed by atoms with Crippen LogP contribution in [0.1, 0.15) is 36.0 Å². The molecule has 0 unspecified atom stereocenters. The van der Waals surface area contributed by atoms with Gasteiger partial charge in [0.15, 0.2) is 0 Å². The van der Waals surface area contributed by atoms with Gasteiger partial charge in [0.1, 0.15) is 11.6 Å². The van der Waals surface area contributed by atoms with E-state index in [0.29, 0.717) is 18.4 Å². The predicted octanol–water partition coefficient (Wildman–Crippen LogP) is 1.87. The zero-order valence-corrected chi connectivity index (χ0v) is 12.7. The van der Waals surface area contributed by atoms with Crippen LogP contribution in [-0.2, 0) is 0 Å². The first-order valence-corrected chi connectivity index (χ1v) is 7.43. The Balaban J connectivity index is 1.85. The van der Waals surface area contributed by atoms with Crippen LogP contribution in [-0.4, -0.2) is 49.0 Å². The van der Waals surface area contributed by atoms with Crippen molar-refractivity contribution in [2.75, 3.05) is 32.5 Å². The Bertz CT molecular complexity index is 489. The van der Waals surface area contributed by atoms with E-state index in [-0.39, 0.29) is 11.5 Å². The molecular weight excluding hydrogens is 271 g/mol. The van der Waals surface area contributed by atoms with E-state index >= 15 is 0 Å². The summed E-state index contributed by atoms with van der Waals surface area (Å²) < 4.78 is 13.2. The maximum atomic E-state index is 13.2. The molecule has 0 saturated heterocycles. The highest BCUT2D eigenvalue weighted by Gasteiger charge is 2.19. The molecule has 21 heavy (non-hydrogen) atoms. The summed E-state index contributed by atoms with van der Waals surface area (Å²) in [5.41, 5.74) is 0.237. The summed E-state index contributed by atoms with van der Waals surface area (Å²) in [6.07, 6.45) is 6.16. The molecule has 1 aromatic heterocycles. The third-order valence-electron chi connectivity index (χ3n) is 4.03. The lowest BCUT2D eigenvalue weighted by atomic mass is 10.2. The molecule has 1 amide bonds. The van der Waals surface area contributed by atoms with Gasteiger partial charge in [0, 0.05) is 26.2 Å². The second kappa shape index (κ2) is 7.36. The minimum atomic E-state index is -0.512. The van der Waals surface area contributed by atoms with Crippen molar-refractivity contribution in [3.8, 4) is 0 Å².